The molecule has 1 heterocycles. The van der Waals surface area contributed by atoms with Crippen LogP contribution in [0, 0.1) is 5.41 Å². The van der Waals surface area contributed by atoms with Crippen LogP contribution in [0.4, 0.5) is 0 Å². The average molecular weight is 254 g/mol. The van der Waals surface area contributed by atoms with Gasteiger partial charge in [0.15, 0.2) is 0 Å². The van der Waals surface area contributed by atoms with Crippen LogP contribution in [0.25, 0.3) is 0 Å². The third kappa shape index (κ3) is 6.39. The van der Waals surface area contributed by atoms with E-state index in [-0.39, 0.29) is 16.9 Å². The molecule has 0 saturated carbocycles. The summed E-state index contributed by atoms with van der Waals surface area (Å²) < 4.78 is 0. The van der Waals surface area contributed by atoms with E-state index >= 15 is 0 Å². The smallest absolute Gasteiger partial charge is 0.220 e. The Bertz CT molecular complexity index is 273. The summed E-state index contributed by atoms with van der Waals surface area (Å²) in [7, 11) is 0. The Balaban J connectivity index is 2.29. The third-order valence-electron chi connectivity index (χ3n) is 3.33. The molecule has 2 N–H and O–H groups in total. The van der Waals surface area contributed by atoms with Crippen molar-refractivity contribution in [2.45, 2.75) is 78.3 Å². The van der Waals surface area contributed by atoms with E-state index in [4.69, 9.17) is 0 Å². The molecule has 18 heavy (non-hydrogen) atoms. The van der Waals surface area contributed by atoms with Crippen LogP contribution < -0.4 is 10.6 Å². The Morgan fingerprint density at radius 1 is 1.28 bits per heavy atom. The maximum Gasteiger partial charge on any atom is 0.220 e. The minimum absolute atomic E-state index is 0.113. The van der Waals surface area contributed by atoms with Gasteiger partial charge in [-0.15, -0.1) is 0 Å². The first-order chi connectivity index (χ1) is 8.18. The van der Waals surface area contributed by atoms with Crippen molar-refractivity contribution in [2.75, 3.05) is 6.54 Å². The van der Waals surface area contributed by atoms with Gasteiger partial charge in [-0.1, -0.05) is 20.8 Å². The highest BCUT2D eigenvalue weighted by Gasteiger charge is 2.27. The first kappa shape index (κ1) is 15.5. The molecule has 3 heteroatoms. The van der Waals surface area contributed by atoms with Gasteiger partial charge in [-0.05, 0) is 51.5 Å². The van der Waals surface area contributed by atoms with Crippen molar-refractivity contribution in [3.8, 4) is 0 Å². The molecule has 1 amide bonds. The largest absolute Gasteiger partial charge is 0.351 e. The van der Waals surface area contributed by atoms with Crippen LogP contribution in [0.3, 0.4) is 0 Å². The molecule has 3 nitrogen and oxygen atoms in total. The second kappa shape index (κ2) is 6.05. The van der Waals surface area contributed by atoms with Crippen LogP contribution in [0.1, 0.15) is 66.7 Å². The lowest BCUT2D eigenvalue weighted by Crippen LogP contribution is -2.46. The van der Waals surface area contributed by atoms with Gasteiger partial charge in [0.2, 0.25) is 5.91 Å². The number of carbonyl (C=O) groups is 1. The van der Waals surface area contributed by atoms with E-state index in [9.17, 15) is 4.79 Å². The highest BCUT2D eigenvalue weighted by Crippen LogP contribution is 2.26. The van der Waals surface area contributed by atoms with Crippen LogP contribution in [0.5, 0.6) is 0 Å². The number of nitrogens with one attached hydrogen (secondary N) is 2. The van der Waals surface area contributed by atoms with Gasteiger partial charge < -0.3 is 10.6 Å². The number of hydrogen-bond donors (Lipinski definition) is 2. The number of hydrogen-bond acceptors (Lipinski definition) is 2. The standard InChI is InChI=1S/C15H30N2O/c1-14(2,3)11-15(4,5)17-13(18)9-8-12-7-6-10-16-12/h12,16H,6-11H2,1-5H3,(H,17,18). The molecule has 1 atom stereocenters. The van der Waals surface area contributed by atoms with Crippen LogP contribution in [0.15, 0.2) is 0 Å². The SMILES string of the molecule is CC(C)(C)CC(C)(C)NC(=O)CCC1CCCN1. The zero-order valence-corrected chi connectivity index (χ0v) is 12.7. The molecule has 106 valence electrons. The Labute approximate surface area is 112 Å². The molecule has 0 radical (unpaired) electrons. The van der Waals surface area contributed by atoms with Crippen LogP contribution in [-0.4, -0.2) is 24.0 Å². The second-order valence-electron chi connectivity index (χ2n) is 7.50. The van der Waals surface area contributed by atoms with Crippen LogP contribution in [0.2, 0.25) is 0 Å². The Morgan fingerprint density at radius 2 is 1.94 bits per heavy atom. The number of rotatable bonds is 5. The molecular weight excluding hydrogens is 224 g/mol. The first-order valence-electron chi connectivity index (χ1n) is 7.22. The lowest BCUT2D eigenvalue weighted by atomic mass is 9.81. The van der Waals surface area contributed by atoms with E-state index in [1.807, 2.05) is 0 Å². The molecule has 1 aliphatic heterocycles. The average Bonchev–Trinajstić information content (AvgIpc) is 2.61. The normalized spacial score (nSPS) is 21.1. The van der Waals surface area contributed by atoms with Crippen molar-refractivity contribution in [3.05, 3.63) is 0 Å². The van der Waals surface area contributed by atoms with Crippen molar-refractivity contribution < 1.29 is 4.79 Å². The predicted molar refractivity (Wildman–Crippen MR) is 76.6 cm³/mol. The zero-order valence-electron chi connectivity index (χ0n) is 12.7. The summed E-state index contributed by atoms with van der Waals surface area (Å²) in [5, 5.41) is 6.60. The molecule has 0 spiro atoms. The minimum atomic E-state index is -0.113. The molecule has 1 fully saturated rings. The van der Waals surface area contributed by atoms with E-state index < -0.39 is 0 Å². The van der Waals surface area contributed by atoms with E-state index in [1.54, 1.807) is 0 Å². The third-order valence-corrected chi connectivity index (χ3v) is 3.33. The van der Waals surface area contributed by atoms with Gasteiger partial charge in [0.1, 0.15) is 0 Å². The quantitative estimate of drug-likeness (QED) is 0.792. The lowest BCUT2D eigenvalue weighted by molar-refractivity contribution is -0.123. The molecular formula is C15H30N2O. The molecule has 0 aromatic rings. The van der Waals surface area contributed by atoms with Gasteiger partial charge in [0.05, 0.1) is 0 Å². The van der Waals surface area contributed by atoms with Gasteiger partial charge in [0, 0.05) is 18.0 Å². The fourth-order valence-corrected chi connectivity index (χ4v) is 3.12. The van der Waals surface area contributed by atoms with Gasteiger partial charge >= 0.3 is 0 Å². The van der Waals surface area contributed by atoms with E-state index in [2.05, 4.69) is 45.3 Å². The minimum Gasteiger partial charge on any atom is -0.351 e. The van der Waals surface area contributed by atoms with Crippen LogP contribution >= 0.6 is 0 Å². The summed E-state index contributed by atoms with van der Waals surface area (Å²) in [6.07, 6.45) is 5.08. The number of amides is 1. The molecule has 0 aromatic heterocycles. The highest BCUT2D eigenvalue weighted by molar-refractivity contribution is 5.76. The second-order valence-corrected chi connectivity index (χ2v) is 7.50. The molecule has 0 bridgehead atoms. The van der Waals surface area contributed by atoms with Crippen molar-refractivity contribution >= 4 is 5.91 Å². The molecule has 1 rings (SSSR count). The number of carbonyl (C=O) groups excluding carboxylic acids is 1. The molecule has 1 unspecified atom stereocenters. The van der Waals surface area contributed by atoms with Crippen molar-refractivity contribution in [1.82, 2.24) is 10.6 Å². The van der Waals surface area contributed by atoms with Gasteiger partial charge in [0.25, 0.3) is 0 Å². The Hall–Kier alpha value is -0.570. The topological polar surface area (TPSA) is 41.1 Å². The lowest BCUT2D eigenvalue weighted by Gasteiger charge is -2.33. The first-order valence-corrected chi connectivity index (χ1v) is 7.22. The summed E-state index contributed by atoms with van der Waals surface area (Å²) in [5.41, 5.74) is 0.127. The monoisotopic (exact) mass is 254 g/mol. The fraction of sp³-hybridized carbons (Fsp3) is 0.933. The summed E-state index contributed by atoms with van der Waals surface area (Å²) in [4.78, 5) is 12.0. The van der Waals surface area contributed by atoms with Gasteiger partial charge in [-0.3, -0.25) is 4.79 Å². The van der Waals surface area contributed by atoms with Crippen molar-refractivity contribution in [3.63, 3.8) is 0 Å². The van der Waals surface area contributed by atoms with Gasteiger partial charge in [-0.25, -0.2) is 0 Å². The van der Waals surface area contributed by atoms with Gasteiger partial charge in [-0.2, -0.15) is 0 Å². The van der Waals surface area contributed by atoms with Crippen molar-refractivity contribution in [1.29, 1.82) is 0 Å². The summed E-state index contributed by atoms with van der Waals surface area (Å²) in [6, 6.07) is 0.557. The molecule has 0 aliphatic carbocycles. The highest BCUT2D eigenvalue weighted by atomic mass is 16.1. The van der Waals surface area contributed by atoms with Crippen molar-refractivity contribution in [2.24, 2.45) is 5.41 Å². The predicted octanol–water partition coefficient (Wildman–Crippen LogP) is 2.85. The summed E-state index contributed by atoms with van der Waals surface area (Å²) in [6.45, 7) is 12.0. The molecule has 0 aromatic carbocycles. The van der Waals surface area contributed by atoms with E-state index in [0.717, 1.165) is 19.4 Å². The molecule has 1 aliphatic rings. The fourth-order valence-electron chi connectivity index (χ4n) is 3.12. The summed E-state index contributed by atoms with van der Waals surface area (Å²) >= 11 is 0. The van der Waals surface area contributed by atoms with Crippen LogP contribution in [-0.2, 0) is 4.79 Å². The summed E-state index contributed by atoms with van der Waals surface area (Å²) in [5.74, 6) is 0.193. The maximum absolute atomic E-state index is 12.0. The molecule has 1 saturated heterocycles. The maximum atomic E-state index is 12.0. The van der Waals surface area contributed by atoms with E-state index in [1.165, 1.54) is 12.8 Å². The zero-order chi connectivity index (χ0) is 13.8. The Morgan fingerprint density at radius 3 is 2.44 bits per heavy atom. The van der Waals surface area contributed by atoms with E-state index in [0.29, 0.717) is 12.5 Å². The Kier molecular flexibility index (Phi) is 5.20.